The van der Waals surface area contributed by atoms with Gasteiger partial charge in [-0.15, -0.1) is 0 Å². The summed E-state index contributed by atoms with van der Waals surface area (Å²) in [5.41, 5.74) is 8.88. The predicted octanol–water partition coefficient (Wildman–Crippen LogP) is 2.22. The Hall–Kier alpha value is -2.60. The Morgan fingerprint density at radius 2 is 2.08 bits per heavy atom. The zero-order valence-electron chi connectivity index (χ0n) is 13.5. The number of nitrogens with one attached hydrogen (secondary N) is 1. The second-order valence-electron chi connectivity index (χ2n) is 6.06. The summed E-state index contributed by atoms with van der Waals surface area (Å²) in [5.74, 6) is 0.521. The molecule has 1 fully saturated rings. The van der Waals surface area contributed by atoms with E-state index in [0.29, 0.717) is 18.9 Å². The molecule has 4 N–H and O–H groups in total. The minimum Gasteiger partial charge on any atom is -0.465 e. The number of likely N-dealkylation sites (tertiary alicyclic amines) is 1. The lowest BCUT2D eigenvalue weighted by Gasteiger charge is -2.14. The fraction of sp³-hybridized carbons (Fsp3) is 0.333. The third-order valence-corrected chi connectivity index (χ3v) is 4.33. The zero-order chi connectivity index (χ0) is 16.9. The molecule has 1 atom stereocenters. The first-order valence-electron chi connectivity index (χ1n) is 8.15. The van der Waals surface area contributed by atoms with Crippen molar-refractivity contribution in [3.8, 4) is 11.3 Å². The number of nitrogen functional groups attached to an aromatic ring is 1. The second kappa shape index (κ2) is 7.31. The maximum atomic E-state index is 10.9. The highest BCUT2D eigenvalue weighted by atomic mass is 16.4. The molecule has 6 heteroatoms. The molecule has 1 aliphatic heterocycles. The van der Waals surface area contributed by atoms with Gasteiger partial charge in [0.05, 0.1) is 5.69 Å². The van der Waals surface area contributed by atoms with Crippen LogP contribution in [0.4, 0.5) is 10.6 Å². The average Bonchev–Trinajstić information content (AvgIpc) is 3.05. The van der Waals surface area contributed by atoms with E-state index in [1.54, 1.807) is 6.07 Å². The number of nitrogens with zero attached hydrogens (tertiary/aromatic N) is 2. The molecule has 0 radical (unpaired) electrons. The number of pyridine rings is 1. The number of hydrogen-bond acceptors (Lipinski definition) is 4. The van der Waals surface area contributed by atoms with Crippen LogP contribution in [-0.2, 0) is 6.42 Å². The van der Waals surface area contributed by atoms with Crippen LogP contribution in [0, 0.1) is 0 Å². The first-order chi connectivity index (χ1) is 11.6. The quantitative estimate of drug-likeness (QED) is 0.783. The summed E-state index contributed by atoms with van der Waals surface area (Å²) in [4.78, 5) is 16.7. The van der Waals surface area contributed by atoms with E-state index < -0.39 is 6.09 Å². The lowest BCUT2D eigenvalue weighted by molar-refractivity contribution is 0.154. The summed E-state index contributed by atoms with van der Waals surface area (Å²) in [6.45, 7) is 2.04. The molecule has 3 rings (SSSR count). The van der Waals surface area contributed by atoms with Crippen molar-refractivity contribution >= 4 is 11.9 Å². The molecule has 0 saturated carbocycles. The normalized spacial score (nSPS) is 17.2. The number of aromatic nitrogens is 1. The van der Waals surface area contributed by atoms with Crippen molar-refractivity contribution in [3.63, 3.8) is 0 Å². The SMILES string of the molecule is Nc1cccc(-c2ccc(CCNC3CCN(C(=O)O)C3)cc2)n1. The molecule has 1 aromatic heterocycles. The van der Waals surface area contributed by atoms with Crippen LogP contribution in [-0.4, -0.2) is 46.8 Å². The van der Waals surface area contributed by atoms with Crippen LogP contribution in [0.5, 0.6) is 0 Å². The van der Waals surface area contributed by atoms with Gasteiger partial charge in [-0.3, -0.25) is 0 Å². The van der Waals surface area contributed by atoms with Gasteiger partial charge in [0.15, 0.2) is 0 Å². The smallest absolute Gasteiger partial charge is 0.407 e. The molecular weight excluding hydrogens is 304 g/mol. The Kier molecular flexibility index (Phi) is 4.96. The predicted molar refractivity (Wildman–Crippen MR) is 93.8 cm³/mol. The van der Waals surface area contributed by atoms with E-state index in [1.165, 1.54) is 10.5 Å². The Morgan fingerprint density at radius 3 is 2.75 bits per heavy atom. The van der Waals surface area contributed by atoms with Crippen LogP contribution < -0.4 is 11.1 Å². The first kappa shape index (κ1) is 16.3. The van der Waals surface area contributed by atoms with Crippen LogP contribution >= 0.6 is 0 Å². The highest BCUT2D eigenvalue weighted by Crippen LogP contribution is 2.18. The van der Waals surface area contributed by atoms with Crippen LogP contribution in [0.2, 0.25) is 0 Å². The van der Waals surface area contributed by atoms with Gasteiger partial charge in [0.25, 0.3) is 0 Å². The highest BCUT2D eigenvalue weighted by molar-refractivity contribution is 5.65. The molecule has 1 saturated heterocycles. The van der Waals surface area contributed by atoms with Crippen LogP contribution in [0.15, 0.2) is 42.5 Å². The molecule has 0 bridgehead atoms. The fourth-order valence-corrected chi connectivity index (χ4v) is 2.98. The van der Waals surface area contributed by atoms with E-state index in [-0.39, 0.29) is 6.04 Å². The van der Waals surface area contributed by atoms with Gasteiger partial charge in [-0.05, 0) is 37.1 Å². The molecule has 2 aromatic rings. The molecule has 1 aromatic carbocycles. The van der Waals surface area contributed by atoms with Crippen molar-refractivity contribution in [2.75, 3.05) is 25.4 Å². The minimum atomic E-state index is -0.829. The fourth-order valence-electron chi connectivity index (χ4n) is 2.98. The topological polar surface area (TPSA) is 91.5 Å². The number of benzene rings is 1. The number of anilines is 1. The molecule has 1 unspecified atom stereocenters. The van der Waals surface area contributed by atoms with Gasteiger partial charge in [-0.2, -0.15) is 0 Å². The third kappa shape index (κ3) is 4.02. The number of amides is 1. The first-order valence-corrected chi connectivity index (χ1v) is 8.15. The number of hydrogen-bond donors (Lipinski definition) is 3. The van der Waals surface area contributed by atoms with Crippen LogP contribution in [0.1, 0.15) is 12.0 Å². The molecule has 0 spiro atoms. The highest BCUT2D eigenvalue weighted by Gasteiger charge is 2.24. The van der Waals surface area contributed by atoms with E-state index in [2.05, 4.69) is 34.6 Å². The molecule has 2 heterocycles. The minimum absolute atomic E-state index is 0.261. The summed E-state index contributed by atoms with van der Waals surface area (Å²) < 4.78 is 0. The van der Waals surface area contributed by atoms with E-state index in [4.69, 9.17) is 10.8 Å². The molecule has 1 amide bonds. The maximum Gasteiger partial charge on any atom is 0.407 e. The summed E-state index contributed by atoms with van der Waals surface area (Å²) >= 11 is 0. The van der Waals surface area contributed by atoms with Crippen molar-refractivity contribution in [1.82, 2.24) is 15.2 Å². The van der Waals surface area contributed by atoms with E-state index >= 15 is 0 Å². The number of nitrogens with two attached hydrogens (primary N) is 1. The van der Waals surface area contributed by atoms with E-state index in [0.717, 1.165) is 30.6 Å². The molecule has 0 aliphatic carbocycles. The summed E-state index contributed by atoms with van der Waals surface area (Å²) in [7, 11) is 0. The third-order valence-electron chi connectivity index (χ3n) is 4.33. The lowest BCUT2D eigenvalue weighted by Crippen LogP contribution is -2.35. The van der Waals surface area contributed by atoms with Crippen molar-refractivity contribution in [3.05, 3.63) is 48.0 Å². The largest absolute Gasteiger partial charge is 0.465 e. The summed E-state index contributed by atoms with van der Waals surface area (Å²) in [5, 5.41) is 12.4. The zero-order valence-corrected chi connectivity index (χ0v) is 13.5. The Bertz CT molecular complexity index is 702. The Morgan fingerprint density at radius 1 is 1.29 bits per heavy atom. The number of carboxylic acid groups (broad SMARTS) is 1. The van der Waals surface area contributed by atoms with Crippen molar-refractivity contribution in [2.24, 2.45) is 0 Å². The molecule has 6 nitrogen and oxygen atoms in total. The Labute approximate surface area is 141 Å². The molecule has 1 aliphatic rings. The maximum absolute atomic E-state index is 10.9. The summed E-state index contributed by atoms with van der Waals surface area (Å²) in [6, 6.07) is 14.2. The Balaban J connectivity index is 1.49. The molecular formula is C18H22N4O2. The monoisotopic (exact) mass is 326 g/mol. The molecule has 24 heavy (non-hydrogen) atoms. The van der Waals surface area contributed by atoms with E-state index in [9.17, 15) is 4.79 Å². The van der Waals surface area contributed by atoms with Crippen LogP contribution in [0.3, 0.4) is 0 Å². The van der Waals surface area contributed by atoms with Gasteiger partial charge in [0, 0.05) is 24.7 Å². The van der Waals surface area contributed by atoms with Gasteiger partial charge in [-0.25, -0.2) is 9.78 Å². The second-order valence-corrected chi connectivity index (χ2v) is 6.06. The van der Waals surface area contributed by atoms with Crippen molar-refractivity contribution in [2.45, 2.75) is 18.9 Å². The summed E-state index contributed by atoms with van der Waals surface area (Å²) in [6.07, 6.45) is 0.964. The molecule has 126 valence electrons. The number of carbonyl (C=O) groups is 1. The van der Waals surface area contributed by atoms with Gasteiger partial charge >= 0.3 is 6.09 Å². The van der Waals surface area contributed by atoms with Gasteiger partial charge < -0.3 is 21.1 Å². The number of rotatable bonds is 5. The van der Waals surface area contributed by atoms with Gasteiger partial charge in [0.1, 0.15) is 5.82 Å². The van der Waals surface area contributed by atoms with Crippen molar-refractivity contribution < 1.29 is 9.90 Å². The van der Waals surface area contributed by atoms with E-state index in [1.807, 2.05) is 12.1 Å². The standard InChI is InChI=1S/C18H22N4O2/c19-17-3-1-2-16(21-17)14-6-4-13(5-7-14)8-10-20-15-9-11-22(12-15)18(23)24/h1-7,15,20H,8-12H2,(H2,19,21)(H,23,24). The van der Waals surface area contributed by atoms with Gasteiger partial charge in [0.2, 0.25) is 0 Å². The average molecular weight is 326 g/mol. The van der Waals surface area contributed by atoms with Gasteiger partial charge in [-0.1, -0.05) is 30.3 Å². The lowest BCUT2D eigenvalue weighted by atomic mass is 10.1. The van der Waals surface area contributed by atoms with Crippen LogP contribution in [0.25, 0.3) is 11.3 Å². The van der Waals surface area contributed by atoms with Crippen molar-refractivity contribution in [1.29, 1.82) is 0 Å².